The monoisotopic (exact) mass is 466 g/mol. The van der Waals surface area contributed by atoms with Gasteiger partial charge in [-0.2, -0.15) is 0 Å². The van der Waals surface area contributed by atoms with Gasteiger partial charge in [0.2, 0.25) is 5.91 Å². The van der Waals surface area contributed by atoms with Crippen molar-refractivity contribution in [3.63, 3.8) is 0 Å². The lowest BCUT2D eigenvalue weighted by Gasteiger charge is -2.42. The predicted octanol–water partition coefficient (Wildman–Crippen LogP) is 3.24. The molecule has 0 unspecified atom stereocenters. The lowest BCUT2D eigenvalue weighted by Crippen LogP contribution is -2.54. The minimum Gasteiger partial charge on any atom is -0.490 e. The second-order valence-corrected chi connectivity index (χ2v) is 8.48. The molecule has 1 saturated heterocycles. The first-order valence-electron chi connectivity index (χ1n) is 11.5. The molecule has 0 radical (unpaired) electrons. The SMILES string of the molecule is CCNC(=O)C[C@H]1CC[C@H]2[C@@H](COc3ccc(NC(=O)Nc4ccccc4)cc3C(=O)N2C)O1. The van der Waals surface area contributed by atoms with Gasteiger partial charge >= 0.3 is 6.03 Å². The first kappa shape index (κ1) is 23.6. The zero-order chi connectivity index (χ0) is 24.1. The van der Waals surface area contributed by atoms with Crippen molar-refractivity contribution in [1.82, 2.24) is 10.2 Å². The Morgan fingerprint density at radius 1 is 1.06 bits per heavy atom. The Bertz CT molecular complexity index is 1040. The molecule has 0 bridgehead atoms. The molecule has 34 heavy (non-hydrogen) atoms. The van der Waals surface area contributed by atoms with E-state index in [-0.39, 0.29) is 36.7 Å². The Hall–Kier alpha value is -3.59. The number of likely N-dealkylation sites (N-methyl/N-ethyl adjacent to an activating group) is 1. The highest BCUT2D eigenvalue weighted by Gasteiger charge is 2.39. The van der Waals surface area contributed by atoms with Crippen LogP contribution < -0.4 is 20.7 Å². The van der Waals surface area contributed by atoms with Crippen molar-refractivity contribution in [1.29, 1.82) is 0 Å². The van der Waals surface area contributed by atoms with E-state index in [0.29, 0.717) is 48.5 Å². The summed E-state index contributed by atoms with van der Waals surface area (Å²) in [4.78, 5) is 39.3. The molecular formula is C25H30N4O5. The van der Waals surface area contributed by atoms with Gasteiger partial charge in [-0.05, 0) is 50.1 Å². The van der Waals surface area contributed by atoms with Crippen LogP contribution in [-0.4, -0.2) is 61.2 Å². The van der Waals surface area contributed by atoms with E-state index in [1.165, 1.54) is 0 Å². The number of benzene rings is 2. The summed E-state index contributed by atoms with van der Waals surface area (Å²) in [6, 6.07) is 13.5. The molecule has 2 aromatic carbocycles. The van der Waals surface area contributed by atoms with E-state index in [4.69, 9.17) is 9.47 Å². The van der Waals surface area contributed by atoms with Crippen molar-refractivity contribution < 1.29 is 23.9 Å². The van der Waals surface area contributed by atoms with Crippen LogP contribution >= 0.6 is 0 Å². The third-order valence-electron chi connectivity index (χ3n) is 6.09. The number of hydrogen-bond donors (Lipinski definition) is 3. The standard InChI is InChI=1S/C25H30N4O5/c1-3-26-23(30)14-18-10-11-20-22(34-18)15-33-21-12-9-17(13-19(21)24(31)29(20)2)28-25(32)27-16-7-5-4-6-8-16/h4-9,12-13,18,20,22H,3,10-11,14-15H2,1-2H3,(H,26,30)(H2,27,28,32)/t18-,20+,22-/m1/s1. The van der Waals surface area contributed by atoms with Gasteiger partial charge in [0.1, 0.15) is 18.5 Å². The Morgan fingerprint density at radius 3 is 2.59 bits per heavy atom. The molecule has 9 nitrogen and oxygen atoms in total. The summed E-state index contributed by atoms with van der Waals surface area (Å²) >= 11 is 0. The van der Waals surface area contributed by atoms with Gasteiger partial charge in [-0.25, -0.2) is 4.79 Å². The molecular weight excluding hydrogens is 436 g/mol. The number of nitrogens with one attached hydrogen (secondary N) is 3. The van der Waals surface area contributed by atoms with Gasteiger partial charge in [0.25, 0.3) is 5.91 Å². The molecule has 3 N–H and O–H groups in total. The fraction of sp³-hybridized carbons (Fsp3) is 0.400. The van der Waals surface area contributed by atoms with Crippen molar-refractivity contribution in [2.75, 3.05) is 30.8 Å². The minimum atomic E-state index is -0.405. The zero-order valence-electron chi connectivity index (χ0n) is 19.4. The summed E-state index contributed by atoms with van der Waals surface area (Å²) in [6.45, 7) is 2.73. The quantitative estimate of drug-likeness (QED) is 0.627. The van der Waals surface area contributed by atoms with E-state index in [1.54, 1.807) is 42.3 Å². The smallest absolute Gasteiger partial charge is 0.323 e. The molecule has 2 heterocycles. The maximum Gasteiger partial charge on any atom is 0.323 e. The molecule has 0 saturated carbocycles. The molecule has 4 rings (SSSR count). The minimum absolute atomic E-state index is 0.0381. The largest absolute Gasteiger partial charge is 0.490 e. The molecule has 4 amide bonds. The number of anilines is 2. The number of urea groups is 1. The molecule has 2 aromatic rings. The lowest BCUT2D eigenvalue weighted by atomic mass is 9.94. The third kappa shape index (κ3) is 5.48. The molecule has 180 valence electrons. The zero-order valence-corrected chi connectivity index (χ0v) is 19.4. The van der Waals surface area contributed by atoms with Crippen molar-refractivity contribution >= 4 is 29.2 Å². The van der Waals surface area contributed by atoms with Crippen molar-refractivity contribution in [3.05, 3.63) is 54.1 Å². The maximum atomic E-state index is 13.3. The summed E-state index contributed by atoms with van der Waals surface area (Å²) in [6.07, 6.45) is 1.17. The first-order valence-corrected chi connectivity index (χ1v) is 11.5. The van der Waals surface area contributed by atoms with Gasteiger partial charge in [-0.3, -0.25) is 9.59 Å². The van der Waals surface area contributed by atoms with Gasteiger partial charge < -0.3 is 30.3 Å². The Morgan fingerprint density at radius 2 is 1.82 bits per heavy atom. The maximum absolute atomic E-state index is 13.3. The molecule has 0 spiro atoms. The number of para-hydroxylation sites is 1. The number of rotatable bonds is 5. The van der Waals surface area contributed by atoms with Crippen LogP contribution in [0.3, 0.4) is 0 Å². The molecule has 3 atom stereocenters. The van der Waals surface area contributed by atoms with E-state index < -0.39 is 6.03 Å². The van der Waals surface area contributed by atoms with Crippen LogP contribution in [0.2, 0.25) is 0 Å². The number of carbonyl (C=O) groups is 3. The molecule has 2 aliphatic rings. The van der Waals surface area contributed by atoms with Crippen LogP contribution in [0.25, 0.3) is 0 Å². The highest BCUT2D eigenvalue weighted by Crippen LogP contribution is 2.32. The summed E-state index contributed by atoms with van der Waals surface area (Å²) < 4.78 is 12.1. The fourth-order valence-electron chi connectivity index (χ4n) is 4.40. The van der Waals surface area contributed by atoms with E-state index in [1.807, 2.05) is 25.1 Å². The number of fused-ring (bicyclic) bond motifs is 2. The Labute approximate surface area is 198 Å². The van der Waals surface area contributed by atoms with E-state index in [9.17, 15) is 14.4 Å². The number of amides is 4. The van der Waals surface area contributed by atoms with Crippen molar-refractivity contribution in [2.45, 2.75) is 44.4 Å². The first-order chi connectivity index (χ1) is 16.4. The van der Waals surface area contributed by atoms with Crippen LogP contribution in [0.5, 0.6) is 5.75 Å². The van der Waals surface area contributed by atoms with Crippen LogP contribution in [-0.2, 0) is 9.53 Å². The van der Waals surface area contributed by atoms with E-state index in [0.717, 1.165) is 0 Å². The van der Waals surface area contributed by atoms with Crippen LogP contribution in [0.4, 0.5) is 16.2 Å². The topological polar surface area (TPSA) is 109 Å². The second-order valence-electron chi connectivity index (χ2n) is 8.48. The van der Waals surface area contributed by atoms with Gasteiger partial charge in [0.15, 0.2) is 0 Å². The van der Waals surface area contributed by atoms with E-state index >= 15 is 0 Å². The fourth-order valence-corrected chi connectivity index (χ4v) is 4.40. The van der Waals surface area contributed by atoms with E-state index in [2.05, 4.69) is 16.0 Å². The molecule has 0 aromatic heterocycles. The number of ether oxygens (including phenoxy) is 2. The van der Waals surface area contributed by atoms with Crippen LogP contribution in [0.15, 0.2) is 48.5 Å². The highest BCUT2D eigenvalue weighted by atomic mass is 16.5. The van der Waals surface area contributed by atoms with Gasteiger partial charge in [-0.1, -0.05) is 18.2 Å². The average molecular weight is 467 g/mol. The molecule has 1 fully saturated rings. The third-order valence-corrected chi connectivity index (χ3v) is 6.09. The Kier molecular flexibility index (Phi) is 7.32. The highest BCUT2D eigenvalue weighted by molar-refractivity contribution is 6.02. The summed E-state index contributed by atoms with van der Waals surface area (Å²) in [5.41, 5.74) is 1.53. The predicted molar refractivity (Wildman–Crippen MR) is 128 cm³/mol. The second kappa shape index (κ2) is 10.6. The lowest BCUT2D eigenvalue weighted by molar-refractivity contribution is -0.133. The molecule has 0 aliphatic carbocycles. The number of nitrogens with zero attached hydrogens (tertiary/aromatic N) is 1. The summed E-state index contributed by atoms with van der Waals surface area (Å²) in [5.74, 6) is 0.185. The summed E-state index contributed by atoms with van der Waals surface area (Å²) in [7, 11) is 1.75. The van der Waals surface area contributed by atoms with Crippen LogP contribution in [0.1, 0.15) is 36.5 Å². The van der Waals surface area contributed by atoms with Gasteiger partial charge in [0, 0.05) is 25.0 Å². The number of carbonyl (C=O) groups excluding carboxylic acids is 3. The normalized spacial score (nSPS) is 21.8. The summed E-state index contributed by atoms with van der Waals surface area (Å²) in [5, 5.41) is 8.32. The van der Waals surface area contributed by atoms with Crippen molar-refractivity contribution in [3.8, 4) is 5.75 Å². The van der Waals surface area contributed by atoms with Crippen LogP contribution in [0, 0.1) is 0 Å². The van der Waals surface area contributed by atoms with Crippen molar-refractivity contribution in [2.24, 2.45) is 0 Å². The average Bonchev–Trinajstić information content (AvgIpc) is 2.82. The van der Waals surface area contributed by atoms with Gasteiger partial charge in [-0.15, -0.1) is 0 Å². The Balaban J connectivity index is 1.45. The molecule has 2 aliphatic heterocycles. The number of hydrogen-bond acceptors (Lipinski definition) is 5. The molecule has 9 heteroatoms. The van der Waals surface area contributed by atoms with Gasteiger partial charge in [0.05, 0.1) is 24.1 Å².